The second-order valence-electron chi connectivity index (χ2n) is 3.01. The van der Waals surface area contributed by atoms with E-state index in [-0.39, 0.29) is 6.61 Å². The van der Waals surface area contributed by atoms with Crippen LogP contribution in [0.15, 0.2) is 22.7 Å². The lowest BCUT2D eigenvalue weighted by Gasteiger charge is -2.13. The van der Waals surface area contributed by atoms with Crippen molar-refractivity contribution >= 4 is 21.9 Å². The Balaban J connectivity index is 2.89. The number of ether oxygens (including phenoxy) is 1. The Morgan fingerprint density at radius 3 is 2.80 bits per heavy atom. The molecule has 0 spiro atoms. The number of rotatable bonds is 4. The van der Waals surface area contributed by atoms with E-state index in [2.05, 4.69) is 15.9 Å². The van der Waals surface area contributed by atoms with Gasteiger partial charge < -0.3 is 14.9 Å². The first-order valence-corrected chi connectivity index (χ1v) is 5.12. The molecule has 4 nitrogen and oxygen atoms in total. The smallest absolute Gasteiger partial charge is 0.344 e. The first-order valence-electron chi connectivity index (χ1n) is 4.33. The molecule has 0 aromatic heterocycles. The lowest BCUT2D eigenvalue weighted by Crippen LogP contribution is -2.23. The van der Waals surface area contributed by atoms with Gasteiger partial charge in [0.05, 0.1) is 6.61 Å². The summed E-state index contributed by atoms with van der Waals surface area (Å²) in [7, 11) is 0. The number of aliphatic carboxylic acids is 1. The number of aliphatic hydroxyl groups is 1. The van der Waals surface area contributed by atoms with Gasteiger partial charge in [-0.1, -0.05) is 15.9 Å². The van der Waals surface area contributed by atoms with Crippen LogP contribution in [0.4, 0.5) is 0 Å². The quantitative estimate of drug-likeness (QED) is 0.879. The average Bonchev–Trinajstić information content (AvgIpc) is 2.20. The van der Waals surface area contributed by atoms with Crippen molar-refractivity contribution in [1.29, 1.82) is 0 Å². The molecule has 0 heterocycles. The van der Waals surface area contributed by atoms with Gasteiger partial charge in [0.1, 0.15) is 5.75 Å². The molecule has 0 saturated carbocycles. The summed E-state index contributed by atoms with van der Waals surface area (Å²) < 4.78 is 5.98. The van der Waals surface area contributed by atoms with Gasteiger partial charge in [0.15, 0.2) is 6.10 Å². The molecule has 0 aliphatic heterocycles. The Bertz CT molecular complexity index is 364. The van der Waals surface area contributed by atoms with Crippen molar-refractivity contribution in [2.45, 2.75) is 19.6 Å². The summed E-state index contributed by atoms with van der Waals surface area (Å²) in [5, 5.41) is 17.7. The molecule has 1 unspecified atom stereocenters. The Hall–Kier alpha value is -1.07. The van der Waals surface area contributed by atoms with Crippen molar-refractivity contribution in [3.8, 4) is 5.75 Å². The minimum atomic E-state index is -1.04. The topological polar surface area (TPSA) is 66.8 Å². The van der Waals surface area contributed by atoms with E-state index in [1.54, 1.807) is 18.2 Å². The molecule has 0 aliphatic rings. The molecule has 2 N–H and O–H groups in total. The van der Waals surface area contributed by atoms with E-state index in [4.69, 9.17) is 14.9 Å². The van der Waals surface area contributed by atoms with Gasteiger partial charge in [0, 0.05) is 10.0 Å². The monoisotopic (exact) mass is 274 g/mol. The van der Waals surface area contributed by atoms with E-state index >= 15 is 0 Å². The molecule has 15 heavy (non-hydrogen) atoms. The number of halogens is 1. The van der Waals surface area contributed by atoms with Crippen molar-refractivity contribution < 1.29 is 19.7 Å². The van der Waals surface area contributed by atoms with Crippen LogP contribution in [-0.4, -0.2) is 22.3 Å². The van der Waals surface area contributed by atoms with Crippen LogP contribution < -0.4 is 4.74 Å². The average molecular weight is 275 g/mol. The summed E-state index contributed by atoms with van der Waals surface area (Å²) in [5.74, 6) is -0.655. The van der Waals surface area contributed by atoms with Crippen LogP contribution in [-0.2, 0) is 11.4 Å². The van der Waals surface area contributed by atoms with Crippen LogP contribution in [0.5, 0.6) is 5.75 Å². The predicted octanol–water partition coefficient (Wildman–Crippen LogP) is 1.79. The molecular formula is C10H11BrO4. The Morgan fingerprint density at radius 2 is 2.27 bits per heavy atom. The molecule has 5 heteroatoms. The fraction of sp³-hybridized carbons (Fsp3) is 0.300. The highest BCUT2D eigenvalue weighted by Gasteiger charge is 2.14. The molecule has 1 rings (SSSR count). The summed E-state index contributed by atoms with van der Waals surface area (Å²) >= 11 is 3.25. The van der Waals surface area contributed by atoms with Gasteiger partial charge in [-0.05, 0) is 25.1 Å². The van der Waals surface area contributed by atoms with E-state index in [0.29, 0.717) is 11.3 Å². The van der Waals surface area contributed by atoms with Crippen LogP contribution in [0.1, 0.15) is 12.5 Å². The summed E-state index contributed by atoms with van der Waals surface area (Å²) in [6.07, 6.45) is -0.934. The molecule has 82 valence electrons. The number of carbonyl (C=O) groups is 1. The molecule has 0 aliphatic carbocycles. The first-order chi connectivity index (χ1) is 7.04. The normalized spacial score (nSPS) is 12.2. The maximum Gasteiger partial charge on any atom is 0.344 e. The molecule has 1 atom stereocenters. The zero-order valence-corrected chi connectivity index (χ0v) is 9.69. The van der Waals surface area contributed by atoms with Gasteiger partial charge in [-0.2, -0.15) is 0 Å². The third kappa shape index (κ3) is 3.21. The minimum Gasteiger partial charge on any atom is -0.479 e. The molecule has 1 aromatic rings. The minimum absolute atomic E-state index is 0.193. The fourth-order valence-electron chi connectivity index (χ4n) is 1.03. The lowest BCUT2D eigenvalue weighted by molar-refractivity contribution is -0.144. The van der Waals surface area contributed by atoms with Crippen molar-refractivity contribution in [1.82, 2.24) is 0 Å². The summed E-state index contributed by atoms with van der Waals surface area (Å²) in [6, 6.07) is 5.03. The van der Waals surface area contributed by atoms with Gasteiger partial charge >= 0.3 is 5.97 Å². The van der Waals surface area contributed by atoms with E-state index < -0.39 is 12.1 Å². The highest BCUT2D eigenvalue weighted by atomic mass is 79.9. The Morgan fingerprint density at radius 1 is 1.60 bits per heavy atom. The number of aliphatic hydroxyl groups excluding tert-OH is 1. The molecule has 1 aromatic carbocycles. The molecule has 0 fully saturated rings. The number of carboxylic acids is 1. The Kier molecular flexibility index (Phi) is 4.11. The van der Waals surface area contributed by atoms with Crippen LogP contribution >= 0.6 is 15.9 Å². The van der Waals surface area contributed by atoms with Gasteiger partial charge in [0.2, 0.25) is 0 Å². The number of carboxylic acid groups (broad SMARTS) is 1. The van der Waals surface area contributed by atoms with Gasteiger partial charge in [-0.25, -0.2) is 4.79 Å². The fourth-order valence-corrected chi connectivity index (χ4v) is 1.44. The number of benzene rings is 1. The largest absolute Gasteiger partial charge is 0.479 e. The molecule has 0 bridgehead atoms. The summed E-state index contributed by atoms with van der Waals surface area (Å²) in [5.41, 5.74) is 0.553. The maximum absolute atomic E-state index is 10.6. The zero-order valence-electron chi connectivity index (χ0n) is 8.11. The van der Waals surface area contributed by atoms with E-state index in [0.717, 1.165) is 4.47 Å². The number of hydrogen-bond donors (Lipinski definition) is 2. The van der Waals surface area contributed by atoms with E-state index in [9.17, 15) is 4.79 Å². The predicted molar refractivity (Wildman–Crippen MR) is 57.8 cm³/mol. The summed E-state index contributed by atoms with van der Waals surface area (Å²) in [6.45, 7) is 1.24. The Labute approximate surface area is 95.6 Å². The lowest BCUT2D eigenvalue weighted by atomic mass is 10.2. The highest BCUT2D eigenvalue weighted by molar-refractivity contribution is 9.10. The van der Waals surface area contributed by atoms with Crippen molar-refractivity contribution in [2.24, 2.45) is 0 Å². The van der Waals surface area contributed by atoms with Crippen molar-refractivity contribution in [2.75, 3.05) is 0 Å². The zero-order chi connectivity index (χ0) is 11.4. The van der Waals surface area contributed by atoms with Gasteiger partial charge in [-0.15, -0.1) is 0 Å². The maximum atomic E-state index is 10.6. The van der Waals surface area contributed by atoms with Crippen LogP contribution in [0.3, 0.4) is 0 Å². The van der Waals surface area contributed by atoms with Crippen molar-refractivity contribution in [3.63, 3.8) is 0 Å². The van der Waals surface area contributed by atoms with E-state index in [1.165, 1.54) is 6.92 Å². The van der Waals surface area contributed by atoms with Gasteiger partial charge in [0.25, 0.3) is 0 Å². The van der Waals surface area contributed by atoms with Crippen LogP contribution in [0.25, 0.3) is 0 Å². The summed E-state index contributed by atoms with van der Waals surface area (Å²) in [4.78, 5) is 10.6. The first kappa shape index (κ1) is 12.0. The third-order valence-corrected chi connectivity index (χ3v) is 2.34. The molecule has 0 radical (unpaired) electrons. The highest BCUT2D eigenvalue weighted by Crippen LogP contribution is 2.24. The van der Waals surface area contributed by atoms with Crippen LogP contribution in [0.2, 0.25) is 0 Å². The van der Waals surface area contributed by atoms with Crippen molar-refractivity contribution in [3.05, 3.63) is 28.2 Å². The second-order valence-corrected chi connectivity index (χ2v) is 3.92. The molecular weight excluding hydrogens is 264 g/mol. The standard InChI is InChI=1S/C10H11BrO4/c1-6(10(13)14)15-9-3-2-8(11)4-7(9)5-12/h2-4,6,12H,5H2,1H3,(H,13,14). The molecule has 0 amide bonds. The third-order valence-electron chi connectivity index (χ3n) is 1.84. The number of hydrogen-bond acceptors (Lipinski definition) is 3. The molecule has 0 saturated heterocycles. The van der Waals surface area contributed by atoms with Crippen LogP contribution in [0, 0.1) is 0 Å². The van der Waals surface area contributed by atoms with E-state index in [1.807, 2.05) is 0 Å². The van der Waals surface area contributed by atoms with Gasteiger partial charge in [-0.3, -0.25) is 0 Å². The second kappa shape index (κ2) is 5.14. The SMILES string of the molecule is CC(Oc1ccc(Br)cc1CO)C(=O)O.